The van der Waals surface area contributed by atoms with Crippen LogP contribution in [0.5, 0.6) is 0 Å². The molecule has 2 N–H and O–H groups in total. The summed E-state index contributed by atoms with van der Waals surface area (Å²) in [7, 11) is -2.12. The van der Waals surface area contributed by atoms with E-state index in [4.69, 9.17) is 17.3 Å². The summed E-state index contributed by atoms with van der Waals surface area (Å²) < 4.78 is 27.1. The highest BCUT2D eigenvalue weighted by Crippen LogP contribution is 2.29. The number of unbranched alkanes of at least 4 members (excludes halogenated alkanes) is 2. The van der Waals surface area contributed by atoms with Gasteiger partial charge in [0.25, 0.3) is 10.0 Å². The van der Waals surface area contributed by atoms with E-state index < -0.39 is 10.0 Å². The van der Waals surface area contributed by atoms with E-state index >= 15 is 0 Å². The van der Waals surface area contributed by atoms with E-state index in [0.717, 1.165) is 31.2 Å². The van der Waals surface area contributed by atoms with Gasteiger partial charge in [0.05, 0.1) is 21.3 Å². The molecule has 0 spiro atoms. The highest BCUT2D eigenvalue weighted by molar-refractivity contribution is 7.92. The van der Waals surface area contributed by atoms with Gasteiger partial charge in [-0.3, -0.25) is 4.31 Å². The van der Waals surface area contributed by atoms with Crippen molar-refractivity contribution in [2.45, 2.75) is 37.5 Å². The lowest BCUT2D eigenvalue weighted by Crippen LogP contribution is -2.27. The summed E-state index contributed by atoms with van der Waals surface area (Å²) in [6.45, 7) is 2.15. The summed E-state index contributed by atoms with van der Waals surface area (Å²) >= 11 is 5.89. The average Bonchev–Trinajstić information content (AvgIpc) is 2.57. The third-order valence-electron chi connectivity index (χ3n) is 4.01. The molecule has 6 heteroatoms. The molecule has 0 aromatic heterocycles. The summed E-state index contributed by atoms with van der Waals surface area (Å²) in [5.41, 5.74) is 7.73. The van der Waals surface area contributed by atoms with E-state index in [1.165, 1.54) is 22.5 Å². The molecule has 0 aliphatic rings. The molecule has 0 amide bonds. The van der Waals surface area contributed by atoms with E-state index in [-0.39, 0.29) is 10.6 Å². The number of halogens is 1. The minimum atomic E-state index is -3.69. The average molecular weight is 367 g/mol. The number of aryl methyl sites for hydroxylation is 1. The largest absolute Gasteiger partial charge is 0.397 e. The van der Waals surface area contributed by atoms with Crippen LogP contribution in [0.3, 0.4) is 0 Å². The van der Waals surface area contributed by atoms with Crippen molar-refractivity contribution in [3.8, 4) is 0 Å². The summed E-state index contributed by atoms with van der Waals surface area (Å²) in [6, 6.07) is 12.0. The van der Waals surface area contributed by atoms with Crippen LogP contribution in [-0.2, 0) is 16.4 Å². The Hall–Kier alpha value is -1.72. The second-order valence-corrected chi connectivity index (χ2v) is 8.12. The van der Waals surface area contributed by atoms with E-state index in [1.54, 1.807) is 7.05 Å². The molecule has 0 saturated heterocycles. The van der Waals surface area contributed by atoms with Crippen molar-refractivity contribution in [1.82, 2.24) is 0 Å². The molecule has 0 bridgehead atoms. The molecule has 4 nitrogen and oxygen atoms in total. The monoisotopic (exact) mass is 366 g/mol. The van der Waals surface area contributed by atoms with Crippen LogP contribution in [0.1, 0.15) is 31.7 Å². The summed E-state index contributed by atoms with van der Waals surface area (Å²) in [4.78, 5) is 0.135. The van der Waals surface area contributed by atoms with E-state index in [0.29, 0.717) is 10.7 Å². The summed E-state index contributed by atoms with van der Waals surface area (Å²) in [5.74, 6) is 0. The van der Waals surface area contributed by atoms with Gasteiger partial charge in [-0.25, -0.2) is 8.42 Å². The number of nitrogens with two attached hydrogens (primary N) is 1. The first kappa shape index (κ1) is 18.6. The lowest BCUT2D eigenvalue weighted by Gasteiger charge is -2.22. The molecule has 0 heterocycles. The fraction of sp³-hybridized carbons (Fsp3) is 0.333. The molecular weight excluding hydrogens is 344 g/mol. The maximum Gasteiger partial charge on any atom is 0.264 e. The lowest BCUT2D eigenvalue weighted by atomic mass is 10.1. The first-order valence-corrected chi connectivity index (χ1v) is 9.81. The molecule has 130 valence electrons. The second-order valence-electron chi connectivity index (χ2n) is 5.74. The predicted octanol–water partition coefficient (Wildman–Crippen LogP) is 4.48. The minimum Gasteiger partial charge on any atom is -0.397 e. The van der Waals surface area contributed by atoms with Crippen LogP contribution in [0, 0.1) is 0 Å². The van der Waals surface area contributed by atoms with Crippen molar-refractivity contribution in [3.05, 3.63) is 53.1 Å². The molecular formula is C18H23ClN2O2S. The molecule has 0 unspecified atom stereocenters. The van der Waals surface area contributed by atoms with E-state index in [1.807, 2.05) is 24.3 Å². The van der Waals surface area contributed by atoms with Crippen molar-refractivity contribution in [2.24, 2.45) is 0 Å². The number of para-hydroxylation sites is 1. The molecule has 24 heavy (non-hydrogen) atoms. The van der Waals surface area contributed by atoms with E-state index in [2.05, 4.69) is 6.92 Å². The van der Waals surface area contributed by atoms with Crippen molar-refractivity contribution >= 4 is 33.0 Å². The van der Waals surface area contributed by atoms with Crippen LogP contribution in [0.15, 0.2) is 47.4 Å². The maximum atomic E-state index is 12.9. The van der Waals surface area contributed by atoms with Crippen LogP contribution in [0.25, 0.3) is 0 Å². The summed E-state index contributed by atoms with van der Waals surface area (Å²) in [5, 5.41) is 0.344. The molecule has 0 fully saturated rings. The fourth-order valence-corrected chi connectivity index (χ4v) is 3.95. The SMILES string of the molecule is CCCCCc1ccccc1N(C)S(=O)(=O)c1ccc(Cl)c(N)c1. The highest BCUT2D eigenvalue weighted by Gasteiger charge is 2.23. The van der Waals surface area contributed by atoms with Crippen molar-refractivity contribution < 1.29 is 8.42 Å². The third-order valence-corrected chi connectivity index (χ3v) is 6.12. The zero-order chi connectivity index (χ0) is 17.7. The first-order chi connectivity index (χ1) is 11.4. The molecule has 2 rings (SSSR count). The van der Waals surface area contributed by atoms with Crippen molar-refractivity contribution in [1.29, 1.82) is 0 Å². The zero-order valence-corrected chi connectivity index (χ0v) is 15.6. The topological polar surface area (TPSA) is 63.4 Å². The van der Waals surface area contributed by atoms with Crippen LogP contribution in [0.4, 0.5) is 11.4 Å². The first-order valence-electron chi connectivity index (χ1n) is 7.99. The Balaban J connectivity index is 2.36. The van der Waals surface area contributed by atoms with Gasteiger partial charge in [0.15, 0.2) is 0 Å². The number of nitrogen functional groups attached to an aromatic ring is 1. The van der Waals surface area contributed by atoms with Gasteiger partial charge in [-0.2, -0.15) is 0 Å². The quantitative estimate of drug-likeness (QED) is 0.580. The molecule has 0 saturated carbocycles. The highest BCUT2D eigenvalue weighted by atomic mass is 35.5. The number of nitrogens with zero attached hydrogens (tertiary/aromatic N) is 1. The smallest absolute Gasteiger partial charge is 0.264 e. The predicted molar refractivity (Wildman–Crippen MR) is 101 cm³/mol. The Kier molecular flexibility index (Phi) is 6.13. The molecule has 2 aromatic carbocycles. The number of hydrogen-bond donors (Lipinski definition) is 1. The molecule has 0 aliphatic heterocycles. The Morgan fingerprint density at radius 1 is 1.12 bits per heavy atom. The number of rotatable bonds is 7. The maximum absolute atomic E-state index is 12.9. The number of benzene rings is 2. The van der Waals surface area contributed by atoms with Gasteiger partial charge >= 0.3 is 0 Å². The molecule has 0 aliphatic carbocycles. The standard InChI is InChI=1S/C18H23ClN2O2S/c1-3-4-5-8-14-9-6-7-10-18(14)21(2)24(22,23)15-11-12-16(19)17(20)13-15/h6-7,9-13H,3-5,8,20H2,1-2H3. The Labute approximate surface area is 149 Å². The van der Waals surface area contributed by atoms with Gasteiger partial charge < -0.3 is 5.73 Å². The van der Waals surface area contributed by atoms with Gasteiger partial charge in [-0.1, -0.05) is 49.6 Å². The van der Waals surface area contributed by atoms with Gasteiger partial charge in [0.1, 0.15) is 0 Å². The third kappa shape index (κ3) is 4.02. The normalized spacial score (nSPS) is 11.5. The van der Waals surface area contributed by atoms with Crippen LogP contribution < -0.4 is 10.0 Å². The fourth-order valence-electron chi connectivity index (χ4n) is 2.56. The Morgan fingerprint density at radius 3 is 2.50 bits per heavy atom. The molecule has 2 aromatic rings. The van der Waals surface area contributed by atoms with Gasteiger partial charge in [0, 0.05) is 7.05 Å². The molecule has 0 radical (unpaired) electrons. The number of sulfonamides is 1. The number of anilines is 2. The number of hydrogen-bond acceptors (Lipinski definition) is 3. The van der Waals surface area contributed by atoms with Crippen LogP contribution in [-0.4, -0.2) is 15.5 Å². The zero-order valence-electron chi connectivity index (χ0n) is 14.0. The molecule has 0 atom stereocenters. The Bertz CT molecular complexity index is 806. The second kappa shape index (κ2) is 7.90. The lowest BCUT2D eigenvalue weighted by molar-refractivity contribution is 0.594. The van der Waals surface area contributed by atoms with Gasteiger partial charge in [0.2, 0.25) is 0 Å². The van der Waals surface area contributed by atoms with Crippen LogP contribution in [0.2, 0.25) is 5.02 Å². The van der Waals surface area contributed by atoms with Crippen LogP contribution >= 0.6 is 11.6 Å². The van der Waals surface area contributed by atoms with Gasteiger partial charge in [-0.15, -0.1) is 0 Å². The summed E-state index contributed by atoms with van der Waals surface area (Å²) in [6.07, 6.45) is 4.14. The van der Waals surface area contributed by atoms with Crippen molar-refractivity contribution in [3.63, 3.8) is 0 Å². The minimum absolute atomic E-state index is 0.135. The Morgan fingerprint density at radius 2 is 1.83 bits per heavy atom. The van der Waals surface area contributed by atoms with Gasteiger partial charge in [-0.05, 0) is 42.7 Å². The van der Waals surface area contributed by atoms with E-state index in [9.17, 15) is 8.42 Å². The van der Waals surface area contributed by atoms with Crippen molar-refractivity contribution in [2.75, 3.05) is 17.1 Å².